The van der Waals surface area contributed by atoms with Gasteiger partial charge in [-0.25, -0.2) is 0 Å². The van der Waals surface area contributed by atoms with E-state index >= 15 is 0 Å². The molecule has 4 nitrogen and oxygen atoms in total. The summed E-state index contributed by atoms with van der Waals surface area (Å²) in [5.74, 6) is 0.111. The molecule has 0 aliphatic carbocycles. The minimum atomic E-state index is -3.67. The van der Waals surface area contributed by atoms with Crippen molar-refractivity contribution in [3.63, 3.8) is 0 Å². The van der Waals surface area contributed by atoms with Gasteiger partial charge in [-0.2, -0.15) is 8.42 Å². The van der Waals surface area contributed by atoms with Crippen LogP contribution in [0.3, 0.4) is 0 Å². The molecule has 0 spiro atoms. The van der Waals surface area contributed by atoms with Gasteiger partial charge in [0.15, 0.2) is 0 Å². The lowest BCUT2D eigenvalue weighted by Crippen LogP contribution is -2.03. The molecule has 5 heteroatoms. The highest BCUT2D eigenvalue weighted by Crippen LogP contribution is 2.25. The molecule has 0 bridgehead atoms. The lowest BCUT2D eigenvalue weighted by atomic mass is 10.1. The van der Waals surface area contributed by atoms with E-state index in [0.717, 1.165) is 7.11 Å². The molecular formula is C9H12O4S. The Morgan fingerprint density at radius 2 is 1.64 bits per heavy atom. The van der Waals surface area contributed by atoms with Crippen molar-refractivity contribution in [2.24, 2.45) is 0 Å². The van der Waals surface area contributed by atoms with Crippen LogP contribution in [0.15, 0.2) is 17.0 Å². The van der Waals surface area contributed by atoms with Crippen molar-refractivity contribution in [2.75, 3.05) is 7.11 Å². The minimum absolute atomic E-state index is 0.0628. The summed E-state index contributed by atoms with van der Waals surface area (Å²) >= 11 is 0. The minimum Gasteiger partial charge on any atom is -0.507 e. The zero-order valence-corrected chi connectivity index (χ0v) is 9.05. The Morgan fingerprint density at radius 3 is 2.00 bits per heavy atom. The van der Waals surface area contributed by atoms with E-state index in [1.807, 2.05) is 0 Å². The maximum Gasteiger partial charge on any atom is 0.296 e. The van der Waals surface area contributed by atoms with Crippen LogP contribution in [0.5, 0.6) is 5.75 Å². The van der Waals surface area contributed by atoms with Crippen LogP contribution in [-0.2, 0) is 14.3 Å². The summed E-state index contributed by atoms with van der Waals surface area (Å²) in [5, 5.41) is 9.43. The van der Waals surface area contributed by atoms with Gasteiger partial charge in [0.05, 0.1) is 12.0 Å². The van der Waals surface area contributed by atoms with Gasteiger partial charge in [-0.3, -0.25) is 4.18 Å². The summed E-state index contributed by atoms with van der Waals surface area (Å²) in [6.45, 7) is 3.27. The molecule has 0 unspecified atom stereocenters. The van der Waals surface area contributed by atoms with Crippen molar-refractivity contribution in [3.8, 4) is 5.75 Å². The molecule has 0 atom stereocenters. The van der Waals surface area contributed by atoms with E-state index in [2.05, 4.69) is 4.18 Å². The Labute approximate surface area is 83.3 Å². The highest BCUT2D eigenvalue weighted by atomic mass is 32.2. The fourth-order valence-electron chi connectivity index (χ4n) is 1.16. The first-order valence-electron chi connectivity index (χ1n) is 3.99. The Kier molecular flexibility index (Phi) is 2.82. The molecule has 0 aliphatic rings. The number of aromatic hydroxyl groups is 1. The second-order valence-corrected chi connectivity index (χ2v) is 4.74. The first-order chi connectivity index (χ1) is 6.38. The van der Waals surface area contributed by atoms with Crippen LogP contribution < -0.4 is 0 Å². The molecule has 0 saturated heterocycles. The smallest absolute Gasteiger partial charge is 0.296 e. The van der Waals surface area contributed by atoms with Gasteiger partial charge in [0, 0.05) is 0 Å². The van der Waals surface area contributed by atoms with Gasteiger partial charge in [0.2, 0.25) is 0 Å². The average molecular weight is 216 g/mol. The lowest BCUT2D eigenvalue weighted by Gasteiger charge is -2.06. The molecule has 1 rings (SSSR count). The third kappa shape index (κ3) is 1.88. The number of benzene rings is 1. The van der Waals surface area contributed by atoms with Gasteiger partial charge in [0.25, 0.3) is 10.1 Å². The monoisotopic (exact) mass is 216 g/mol. The van der Waals surface area contributed by atoms with Crippen LogP contribution in [0.25, 0.3) is 0 Å². The second-order valence-electron chi connectivity index (χ2n) is 3.03. The van der Waals surface area contributed by atoms with E-state index < -0.39 is 10.1 Å². The van der Waals surface area contributed by atoms with Gasteiger partial charge in [-0.15, -0.1) is 0 Å². The predicted octanol–water partition coefficient (Wildman–Crippen LogP) is 1.34. The highest BCUT2D eigenvalue weighted by molar-refractivity contribution is 7.86. The molecule has 0 aromatic heterocycles. The molecule has 1 aromatic carbocycles. The van der Waals surface area contributed by atoms with Crippen molar-refractivity contribution < 1.29 is 17.7 Å². The normalized spacial score (nSPS) is 11.6. The van der Waals surface area contributed by atoms with Crippen LogP contribution in [0, 0.1) is 13.8 Å². The van der Waals surface area contributed by atoms with E-state index in [9.17, 15) is 13.5 Å². The molecule has 78 valence electrons. The Morgan fingerprint density at radius 1 is 1.21 bits per heavy atom. The van der Waals surface area contributed by atoms with Gasteiger partial charge in [-0.1, -0.05) is 0 Å². The standard InChI is InChI=1S/C9H12O4S/c1-6-4-8(14(11,12)13-3)5-7(2)9(6)10/h4-5,10H,1-3H3. The Balaban J connectivity index is 3.41. The summed E-state index contributed by atoms with van der Waals surface area (Å²) in [6.07, 6.45) is 0. The van der Waals surface area contributed by atoms with E-state index in [1.165, 1.54) is 12.1 Å². The SMILES string of the molecule is COS(=O)(=O)c1cc(C)c(O)c(C)c1. The summed E-state index contributed by atoms with van der Waals surface area (Å²) in [6, 6.07) is 2.75. The molecule has 0 aliphatic heterocycles. The molecular weight excluding hydrogens is 204 g/mol. The largest absolute Gasteiger partial charge is 0.507 e. The maximum absolute atomic E-state index is 11.3. The number of phenols is 1. The van der Waals surface area contributed by atoms with Gasteiger partial charge < -0.3 is 5.11 Å². The van der Waals surface area contributed by atoms with Crippen molar-refractivity contribution in [3.05, 3.63) is 23.3 Å². The van der Waals surface area contributed by atoms with Crippen LogP contribution in [0.4, 0.5) is 0 Å². The fourth-order valence-corrected chi connectivity index (χ4v) is 1.99. The molecule has 0 amide bonds. The van der Waals surface area contributed by atoms with Crippen molar-refractivity contribution >= 4 is 10.1 Å². The average Bonchev–Trinajstić information content (AvgIpc) is 2.13. The Bertz CT molecular complexity index is 425. The Hall–Kier alpha value is -1.07. The molecule has 0 heterocycles. The lowest BCUT2D eigenvalue weighted by molar-refractivity contribution is 0.397. The first-order valence-corrected chi connectivity index (χ1v) is 5.40. The summed E-state index contributed by atoms with van der Waals surface area (Å²) in [4.78, 5) is 0.0628. The van der Waals surface area contributed by atoms with Crippen LogP contribution in [0.1, 0.15) is 11.1 Å². The highest BCUT2D eigenvalue weighted by Gasteiger charge is 2.15. The predicted molar refractivity (Wildman–Crippen MR) is 51.8 cm³/mol. The number of phenolic OH excluding ortho intramolecular Hbond substituents is 1. The van der Waals surface area contributed by atoms with E-state index in [0.29, 0.717) is 11.1 Å². The van der Waals surface area contributed by atoms with E-state index in [-0.39, 0.29) is 10.6 Å². The molecule has 0 fully saturated rings. The molecule has 0 saturated carbocycles. The number of hydrogen-bond donors (Lipinski definition) is 1. The van der Waals surface area contributed by atoms with Gasteiger partial charge >= 0.3 is 0 Å². The zero-order valence-electron chi connectivity index (χ0n) is 8.23. The summed E-state index contributed by atoms with van der Waals surface area (Å²) < 4.78 is 27.0. The van der Waals surface area contributed by atoms with Crippen LogP contribution in [0.2, 0.25) is 0 Å². The molecule has 1 N–H and O–H groups in total. The third-order valence-electron chi connectivity index (χ3n) is 1.97. The zero-order chi connectivity index (χ0) is 10.9. The summed E-state index contributed by atoms with van der Waals surface area (Å²) in [7, 11) is -2.57. The molecule has 1 aromatic rings. The fraction of sp³-hybridized carbons (Fsp3) is 0.333. The number of aryl methyl sites for hydroxylation is 2. The van der Waals surface area contributed by atoms with Crippen molar-refractivity contribution in [1.82, 2.24) is 0 Å². The van der Waals surface area contributed by atoms with Crippen molar-refractivity contribution in [2.45, 2.75) is 18.7 Å². The summed E-state index contributed by atoms with van der Waals surface area (Å²) in [5.41, 5.74) is 1.03. The van der Waals surface area contributed by atoms with Crippen LogP contribution >= 0.6 is 0 Å². The van der Waals surface area contributed by atoms with Crippen LogP contribution in [-0.4, -0.2) is 20.6 Å². The second kappa shape index (κ2) is 3.59. The quantitative estimate of drug-likeness (QED) is 0.758. The van der Waals surface area contributed by atoms with E-state index in [1.54, 1.807) is 13.8 Å². The molecule has 0 radical (unpaired) electrons. The maximum atomic E-state index is 11.3. The third-order valence-corrected chi connectivity index (χ3v) is 3.22. The van der Waals surface area contributed by atoms with E-state index in [4.69, 9.17) is 0 Å². The number of rotatable bonds is 2. The number of hydrogen-bond acceptors (Lipinski definition) is 4. The van der Waals surface area contributed by atoms with Gasteiger partial charge in [-0.05, 0) is 37.1 Å². The molecule has 14 heavy (non-hydrogen) atoms. The topological polar surface area (TPSA) is 63.6 Å². The van der Waals surface area contributed by atoms with Gasteiger partial charge in [0.1, 0.15) is 5.75 Å². The van der Waals surface area contributed by atoms with Crippen molar-refractivity contribution in [1.29, 1.82) is 0 Å². The first kappa shape index (κ1) is 11.0.